The maximum atomic E-state index is 13.0. The molecule has 2 aromatic carbocycles. The van der Waals surface area contributed by atoms with Crippen LogP contribution in [0.2, 0.25) is 5.02 Å². The molecule has 0 atom stereocenters. The molecule has 6 heteroatoms. The molecule has 0 saturated carbocycles. The number of anilines is 2. The Morgan fingerprint density at radius 2 is 2.10 bits per heavy atom. The Kier molecular flexibility index (Phi) is 4.87. The lowest BCUT2D eigenvalue weighted by Gasteiger charge is -2.06. The van der Waals surface area contributed by atoms with E-state index in [-0.39, 0.29) is 17.3 Å². The van der Waals surface area contributed by atoms with Gasteiger partial charge in [0.05, 0.1) is 11.4 Å². The first-order chi connectivity index (χ1) is 9.54. The zero-order valence-corrected chi connectivity index (χ0v) is 12.0. The maximum Gasteiger partial charge on any atom is 0.234 e. The average molecular weight is 311 g/mol. The van der Waals surface area contributed by atoms with E-state index in [1.54, 1.807) is 12.1 Å². The van der Waals surface area contributed by atoms with E-state index in [1.165, 1.54) is 30.0 Å². The summed E-state index contributed by atoms with van der Waals surface area (Å²) in [5, 5.41) is 3.28. The second kappa shape index (κ2) is 6.63. The number of nitrogen functional groups attached to an aromatic ring is 1. The Morgan fingerprint density at radius 3 is 2.80 bits per heavy atom. The van der Waals surface area contributed by atoms with Crippen molar-refractivity contribution >= 4 is 40.6 Å². The van der Waals surface area contributed by atoms with Crippen LogP contribution < -0.4 is 11.1 Å². The summed E-state index contributed by atoms with van der Waals surface area (Å²) in [4.78, 5) is 12.7. The molecule has 3 N–H and O–H groups in total. The molecule has 20 heavy (non-hydrogen) atoms. The van der Waals surface area contributed by atoms with Gasteiger partial charge in [-0.3, -0.25) is 4.79 Å². The van der Waals surface area contributed by atoms with Gasteiger partial charge in [0.2, 0.25) is 5.91 Å². The topological polar surface area (TPSA) is 55.1 Å². The summed E-state index contributed by atoms with van der Waals surface area (Å²) >= 11 is 7.23. The number of benzene rings is 2. The van der Waals surface area contributed by atoms with Crippen molar-refractivity contribution in [1.29, 1.82) is 0 Å². The van der Waals surface area contributed by atoms with Crippen molar-refractivity contribution in [3.05, 3.63) is 53.3 Å². The molecule has 0 fully saturated rings. The third kappa shape index (κ3) is 4.15. The fourth-order valence-corrected chi connectivity index (χ4v) is 2.53. The third-order valence-electron chi connectivity index (χ3n) is 2.45. The highest BCUT2D eigenvalue weighted by Crippen LogP contribution is 2.22. The largest absolute Gasteiger partial charge is 0.396 e. The van der Waals surface area contributed by atoms with Gasteiger partial charge in [-0.15, -0.1) is 11.8 Å². The number of nitrogens with one attached hydrogen (secondary N) is 1. The van der Waals surface area contributed by atoms with Gasteiger partial charge in [-0.25, -0.2) is 4.39 Å². The molecular formula is C14H12ClFN2OS. The lowest BCUT2D eigenvalue weighted by atomic mass is 10.2. The summed E-state index contributed by atoms with van der Waals surface area (Å²) in [6, 6.07) is 11.3. The lowest BCUT2D eigenvalue weighted by molar-refractivity contribution is -0.113. The Morgan fingerprint density at radius 1 is 1.30 bits per heavy atom. The molecule has 0 aliphatic carbocycles. The van der Waals surface area contributed by atoms with Crippen molar-refractivity contribution in [3.8, 4) is 0 Å². The molecule has 0 saturated heterocycles. The smallest absolute Gasteiger partial charge is 0.234 e. The Hall–Kier alpha value is -1.72. The van der Waals surface area contributed by atoms with E-state index < -0.39 is 5.82 Å². The summed E-state index contributed by atoms with van der Waals surface area (Å²) in [6.45, 7) is 0. The van der Waals surface area contributed by atoms with E-state index >= 15 is 0 Å². The van der Waals surface area contributed by atoms with Crippen LogP contribution in [0.4, 0.5) is 15.8 Å². The van der Waals surface area contributed by atoms with E-state index in [9.17, 15) is 9.18 Å². The molecule has 0 unspecified atom stereocenters. The average Bonchev–Trinajstić information content (AvgIpc) is 2.41. The highest BCUT2D eigenvalue weighted by Gasteiger charge is 2.06. The van der Waals surface area contributed by atoms with Gasteiger partial charge in [-0.1, -0.05) is 17.7 Å². The van der Waals surface area contributed by atoms with Crippen LogP contribution in [0.1, 0.15) is 0 Å². The summed E-state index contributed by atoms with van der Waals surface area (Å²) in [5.74, 6) is -0.463. The minimum absolute atomic E-state index is 0.00490. The highest BCUT2D eigenvalue weighted by molar-refractivity contribution is 8.00. The molecule has 1 amide bonds. The number of rotatable bonds is 4. The zero-order valence-electron chi connectivity index (χ0n) is 10.4. The van der Waals surface area contributed by atoms with E-state index in [0.29, 0.717) is 10.7 Å². The minimum Gasteiger partial charge on any atom is -0.396 e. The number of nitrogens with two attached hydrogens (primary N) is 1. The van der Waals surface area contributed by atoms with Crippen LogP contribution >= 0.6 is 23.4 Å². The van der Waals surface area contributed by atoms with E-state index in [4.69, 9.17) is 17.3 Å². The molecule has 2 rings (SSSR count). The van der Waals surface area contributed by atoms with Gasteiger partial charge in [-0.2, -0.15) is 0 Å². The van der Waals surface area contributed by atoms with Crippen LogP contribution in [0.25, 0.3) is 0 Å². The number of amides is 1. The van der Waals surface area contributed by atoms with Crippen LogP contribution in [0.15, 0.2) is 47.4 Å². The van der Waals surface area contributed by atoms with E-state index in [1.807, 2.05) is 12.1 Å². The van der Waals surface area contributed by atoms with Crippen molar-refractivity contribution < 1.29 is 9.18 Å². The second-order valence-corrected chi connectivity index (χ2v) is 5.52. The molecule has 0 bridgehead atoms. The minimum atomic E-state index is -0.503. The van der Waals surface area contributed by atoms with Crippen LogP contribution in [0.5, 0.6) is 0 Å². The predicted octanol–water partition coefficient (Wildman–Crippen LogP) is 3.79. The normalized spacial score (nSPS) is 10.3. The van der Waals surface area contributed by atoms with Crippen LogP contribution in [-0.4, -0.2) is 11.7 Å². The van der Waals surface area contributed by atoms with Crippen molar-refractivity contribution in [2.24, 2.45) is 0 Å². The molecule has 0 aromatic heterocycles. The van der Waals surface area contributed by atoms with Gasteiger partial charge in [0.25, 0.3) is 0 Å². The number of thioether (sulfide) groups is 1. The van der Waals surface area contributed by atoms with Crippen molar-refractivity contribution in [2.45, 2.75) is 4.90 Å². The quantitative estimate of drug-likeness (QED) is 0.667. The molecule has 0 radical (unpaired) electrons. The van der Waals surface area contributed by atoms with Gasteiger partial charge in [-0.05, 0) is 36.4 Å². The molecule has 0 aliphatic rings. The highest BCUT2D eigenvalue weighted by atomic mass is 35.5. The summed E-state index contributed by atoms with van der Waals surface area (Å²) in [5.41, 5.74) is 5.91. The summed E-state index contributed by atoms with van der Waals surface area (Å²) in [7, 11) is 0. The zero-order chi connectivity index (χ0) is 14.5. The number of carbonyl (C=O) groups excluding carboxylic acids is 1. The first kappa shape index (κ1) is 14.7. The summed E-state index contributed by atoms with van der Waals surface area (Å²) < 4.78 is 13.0. The van der Waals surface area contributed by atoms with Gasteiger partial charge < -0.3 is 11.1 Å². The van der Waals surface area contributed by atoms with E-state index in [0.717, 1.165) is 4.90 Å². The predicted molar refractivity (Wildman–Crippen MR) is 81.6 cm³/mol. The second-order valence-electron chi connectivity index (χ2n) is 4.03. The Balaban J connectivity index is 1.91. The number of hydrogen-bond donors (Lipinski definition) is 2. The number of carbonyl (C=O) groups is 1. The van der Waals surface area contributed by atoms with Crippen molar-refractivity contribution in [3.63, 3.8) is 0 Å². The molecule has 3 nitrogen and oxygen atoms in total. The Labute approximate surface area is 125 Å². The maximum absolute atomic E-state index is 13.0. The van der Waals surface area contributed by atoms with Gasteiger partial charge >= 0.3 is 0 Å². The third-order valence-corrected chi connectivity index (χ3v) is 3.67. The molecule has 2 aromatic rings. The first-order valence-electron chi connectivity index (χ1n) is 5.78. The standard InChI is InChI=1S/C14H12ClFN2OS/c15-9-2-1-3-11(6-9)20-8-14(19)18-10-4-5-12(16)13(17)7-10/h1-7H,8,17H2,(H,18,19). The fraction of sp³-hybridized carbons (Fsp3) is 0.0714. The number of halogens is 2. The van der Waals surface area contributed by atoms with E-state index in [2.05, 4.69) is 5.32 Å². The van der Waals surface area contributed by atoms with Gasteiger partial charge in [0, 0.05) is 15.6 Å². The van der Waals surface area contributed by atoms with Crippen LogP contribution in [0, 0.1) is 5.82 Å². The molecule has 104 valence electrons. The van der Waals surface area contributed by atoms with Crippen LogP contribution in [0.3, 0.4) is 0 Å². The number of hydrogen-bond acceptors (Lipinski definition) is 3. The first-order valence-corrected chi connectivity index (χ1v) is 7.14. The lowest BCUT2D eigenvalue weighted by Crippen LogP contribution is -2.14. The van der Waals surface area contributed by atoms with Gasteiger partial charge in [0.1, 0.15) is 5.82 Å². The molecule has 0 aliphatic heterocycles. The fourth-order valence-electron chi connectivity index (χ4n) is 1.52. The monoisotopic (exact) mass is 310 g/mol. The van der Waals surface area contributed by atoms with Gasteiger partial charge in [0.15, 0.2) is 0 Å². The van der Waals surface area contributed by atoms with Crippen LogP contribution in [-0.2, 0) is 4.79 Å². The molecular weight excluding hydrogens is 299 g/mol. The Bertz CT molecular complexity index is 636. The van der Waals surface area contributed by atoms with Crippen molar-refractivity contribution in [2.75, 3.05) is 16.8 Å². The summed E-state index contributed by atoms with van der Waals surface area (Å²) in [6.07, 6.45) is 0. The van der Waals surface area contributed by atoms with Crippen molar-refractivity contribution in [1.82, 2.24) is 0 Å². The molecule has 0 spiro atoms. The molecule has 0 heterocycles. The SMILES string of the molecule is Nc1cc(NC(=O)CSc2cccc(Cl)c2)ccc1F.